The first-order valence-corrected chi connectivity index (χ1v) is 6.95. The molecule has 6 heteroatoms. The van der Waals surface area contributed by atoms with Crippen molar-refractivity contribution in [2.24, 2.45) is 34.4 Å². The van der Waals surface area contributed by atoms with Crippen molar-refractivity contribution in [3.8, 4) is 0 Å². The molecule has 0 aromatic heterocycles. The van der Waals surface area contributed by atoms with E-state index in [1.807, 2.05) is 0 Å². The van der Waals surface area contributed by atoms with Gasteiger partial charge in [-0.05, 0) is 51.9 Å². The van der Waals surface area contributed by atoms with Crippen molar-refractivity contribution in [3.05, 3.63) is 0 Å². The molecule has 0 unspecified atom stereocenters. The predicted octanol–water partition coefficient (Wildman–Crippen LogP) is -0.948. The van der Waals surface area contributed by atoms with E-state index in [-0.39, 0.29) is 0 Å². The van der Waals surface area contributed by atoms with Gasteiger partial charge < -0.3 is 34.4 Å². The van der Waals surface area contributed by atoms with E-state index in [1.54, 1.807) is 0 Å². The molecule has 0 heterocycles. The van der Waals surface area contributed by atoms with Crippen LogP contribution in [0.25, 0.3) is 0 Å². The Labute approximate surface area is 113 Å². The van der Waals surface area contributed by atoms with E-state index < -0.39 is 0 Å². The molecule has 0 aromatic rings. The first-order chi connectivity index (χ1) is 8.74. The molecule has 0 aliphatic carbocycles. The summed E-state index contributed by atoms with van der Waals surface area (Å²) in [6.45, 7) is 4.39. The molecule has 0 aliphatic rings. The van der Waals surface area contributed by atoms with E-state index in [1.165, 1.54) is 12.8 Å². The van der Waals surface area contributed by atoms with Gasteiger partial charge in [0.1, 0.15) is 0 Å². The topological polar surface area (TPSA) is 156 Å². The molecule has 0 atom stereocenters. The zero-order valence-corrected chi connectivity index (χ0v) is 11.9. The molecule has 0 spiro atoms. The SMILES string of the molecule is NCCCCCCN.NCCCCN.NCCN. The van der Waals surface area contributed by atoms with Gasteiger partial charge in [-0.25, -0.2) is 0 Å². The van der Waals surface area contributed by atoms with Crippen molar-refractivity contribution >= 4 is 0 Å². The minimum Gasteiger partial charge on any atom is -0.330 e. The number of nitrogens with two attached hydrogens (primary N) is 6. The fourth-order valence-corrected chi connectivity index (χ4v) is 0.931. The molecule has 0 radical (unpaired) electrons. The average Bonchev–Trinajstić information content (AvgIpc) is 2.42. The second-order valence-corrected chi connectivity index (χ2v) is 3.85. The Morgan fingerprint density at radius 1 is 0.278 bits per heavy atom. The smallest absolute Gasteiger partial charge is 0.00461 e. The fraction of sp³-hybridized carbons (Fsp3) is 1.00. The lowest BCUT2D eigenvalue weighted by atomic mass is 10.2. The molecule has 0 fully saturated rings. The van der Waals surface area contributed by atoms with Gasteiger partial charge in [0.2, 0.25) is 0 Å². The highest BCUT2D eigenvalue weighted by molar-refractivity contribution is 4.43. The fourth-order valence-electron chi connectivity index (χ4n) is 0.931. The zero-order chi connectivity index (χ0) is 14.5. The van der Waals surface area contributed by atoms with Crippen molar-refractivity contribution in [1.82, 2.24) is 0 Å². The van der Waals surface area contributed by atoms with Crippen LogP contribution in [0.5, 0.6) is 0 Å². The van der Waals surface area contributed by atoms with Gasteiger partial charge in [-0.1, -0.05) is 12.8 Å². The van der Waals surface area contributed by atoms with E-state index in [9.17, 15) is 0 Å². The summed E-state index contributed by atoms with van der Waals surface area (Å²) in [6.07, 6.45) is 6.92. The van der Waals surface area contributed by atoms with Gasteiger partial charge in [-0.15, -0.1) is 0 Å². The van der Waals surface area contributed by atoms with Crippen LogP contribution in [0.3, 0.4) is 0 Å². The Hall–Kier alpha value is -0.240. The third-order valence-electron chi connectivity index (χ3n) is 1.98. The Kier molecular flexibility index (Phi) is 38.3. The average molecular weight is 264 g/mol. The lowest BCUT2D eigenvalue weighted by Crippen LogP contribution is -2.11. The van der Waals surface area contributed by atoms with Gasteiger partial charge in [0.15, 0.2) is 0 Å². The standard InChI is InChI=1S/C6H16N2.C4H12N2.C2H8N2/c7-5-3-1-2-4-6-8;5-3-1-2-4-6;3-1-2-4/h1-8H2;1-6H2;1-4H2. The van der Waals surface area contributed by atoms with Crippen LogP contribution in [-0.2, 0) is 0 Å². The third-order valence-corrected chi connectivity index (χ3v) is 1.98. The quantitative estimate of drug-likeness (QED) is 0.295. The zero-order valence-electron chi connectivity index (χ0n) is 11.9. The summed E-state index contributed by atoms with van der Waals surface area (Å²) in [5.74, 6) is 0. The number of unbranched alkanes of at least 4 members (excludes halogenated alkanes) is 4. The van der Waals surface area contributed by atoms with E-state index in [2.05, 4.69) is 0 Å². The molecule has 0 bridgehead atoms. The Balaban J connectivity index is -0.000000200. The van der Waals surface area contributed by atoms with Crippen molar-refractivity contribution in [2.45, 2.75) is 38.5 Å². The molecule has 114 valence electrons. The molecule has 0 amide bonds. The van der Waals surface area contributed by atoms with E-state index >= 15 is 0 Å². The molecular weight excluding hydrogens is 228 g/mol. The molecule has 18 heavy (non-hydrogen) atoms. The lowest BCUT2D eigenvalue weighted by molar-refractivity contribution is 0.653. The molecule has 6 nitrogen and oxygen atoms in total. The third kappa shape index (κ3) is 44.7. The van der Waals surface area contributed by atoms with Crippen LogP contribution < -0.4 is 34.4 Å². The van der Waals surface area contributed by atoms with E-state index in [4.69, 9.17) is 34.4 Å². The molecule has 0 aromatic carbocycles. The first kappa shape index (κ1) is 22.9. The normalized spacial score (nSPS) is 9.00. The number of hydrogen-bond acceptors (Lipinski definition) is 6. The van der Waals surface area contributed by atoms with Crippen LogP contribution in [0.15, 0.2) is 0 Å². The van der Waals surface area contributed by atoms with E-state index in [0.717, 1.165) is 51.9 Å². The molecule has 12 N–H and O–H groups in total. The van der Waals surface area contributed by atoms with Crippen molar-refractivity contribution in [3.63, 3.8) is 0 Å². The lowest BCUT2D eigenvalue weighted by Gasteiger charge is -1.94. The van der Waals surface area contributed by atoms with Crippen LogP contribution in [0, 0.1) is 0 Å². The summed E-state index contributed by atoms with van der Waals surface area (Å²) in [6, 6.07) is 0. The van der Waals surface area contributed by atoms with Gasteiger partial charge in [-0.2, -0.15) is 0 Å². The van der Waals surface area contributed by atoms with Gasteiger partial charge in [0.25, 0.3) is 0 Å². The molecule has 0 saturated heterocycles. The number of rotatable bonds is 9. The molecule has 0 saturated carbocycles. The van der Waals surface area contributed by atoms with Crippen molar-refractivity contribution < 1.29 is 0 Å². The Morgan fingerprint density at radius 2 is 0.500 bits per heavy atom. The summed E-state index contributed by atoms with van der Waals surface area (Å²) in [5.41, 5.74) is 30.7. The van der Waals surface area contributed by atoms with Gasteiger partial charge in [0, 0.05) is 13.1 Å². The summed E-state index contributed by atoms with van der Waals surface area (Å²) < 4.78 is 0. The maximum absolute atomic E-state index is 5.28. The Bertz CT molecular complexity index is 90.6. The molecular formula is C12H36N6. The van der Waals surface area contributed by atoms with Crippen LogP contribution in [0.2, 0.25) is 0 Å². The van der Waals surface area contributed by atoms with Gasteiger partial charge >= 0.3 is 0 Å². The molecule has 0 rings (SSSR count). The summed E-state index contributed by atoms with van der Waals surface area (Å²) >= 11 is 0. The largest absolute Gasteiger partial charge is 0.330 e. The highest BCUT2D eigenvalue weighted by Gasteiger charge is 1.83. The Morgan fingerprint density at radius 3 is 0.667 bits per heavy atom. The van der Waals surface area contributed by atoms with E-state index in [0.29, 0.717) is 13.1 Å². The minimum atomic E-state index is 0.597. The highest BCUT2D eigenvalue weighted by atomic mass is 14.6. The van der Waals surface area contributed by atoms with Crippen LogP contribution in [-0.4, -0.2) is 39.3 Å². The summed E-state index contributed by atoms with van der Waals surface area (Å²) in [7, 11) is 0. The summed E-state index contributed by atoms with van der Waals surface area (Å²) in [5, 5.41) is 0. The van der Waals surface area contributed by atoms with Gasteiger partial charge in [0.05, 0.1) is 0 Å². The number of hydrogen-bond donors (Lipinski definition) is 6. The monoisotopic (exact) mass is 264 g/mol. The van der Waals surface area contributed by atoms with Crippen LogP contribution >= 0.6 is 0 Å². The van der Waals surface area contributed by atoms with Crippen LogP contribution in [0.1, 0.15) is 38.5 Å². The summed E-state index contributed by atoms with van der Waals surface area (Å²) in [4.78, 5) is 0. The van der Waals surface area contributed by atoms with Crippen molar-refractivity contribution in [1.29, 1.82) is 0 Å². The van der Waals surface area contributed by atoms with Gasteiger partial charge in [-0.3, -0.25) is 0 Å². The minimum absolute atomic E-state index is 0.597. The predicted molar refractivity (Wildman–Crippen MR) is 82.0 cm³/mol. The van der Waals surface area contributed by atoms with Crippen molar-refractivity contribution in [2.75, 3.05) is 39.3 Å². The first-order valence-electron chi connectivity index (χ1n) is 6.95. The second-order valence-electron chi connectivity index (χ2n) is 3.85. The second kappa shape index (κ2) is 30.1. The van der Waals surface area contributed by atoms with Crippen LogP contribution in [0.4, 0.5) is 0 Å². The molecule has 0 aliphatic heterocycles. The maximum Gasteiger partial charge on any atom is 0.00461 e. The highest BCUT2D eigenvalue weighted by Crippen LogP contribution is 1.95. The maximum atomic E-state index is 5.28.